The monoisotopic (exact) mass is 349 g/mol. The summed E-state index contributed by atoms with van der Waals surface area (Å²) in [6.07, 6.45) is 0.737. The molecular weight excluding hydrogens is 326 g/mol. The Morgan fingerprint density at radius 2 is 1.83 bits per heavy atom. The molecule has 1 aromatic carbocycles. The molecule has 1 aromatic heterocycles. The molecule has 0 unspecified atom stereocenters. The molecule has 0 spiro atoms. The predicted molar refractivity (Wildman–Crippen MR) is 95.5 cm³/mol. The smallest absolute Gasteiger partial charge is 0.238 e. The van der Waals surface area contributed by atoms with E-state index in [2.05, 4.69) is 20.6 Å². The summed E-state index contributed by atoms with van der Waals surface area (Å²) < 4.78 is 22.5. The number of rotatable bonds is 7. The second kappa shape index (κ2) is 7.59. The Morgan fingerprint density at radius 3 is 2.42 bits per heavy atom. The third-order valence-corrected chi connectivity index (χ3v) is 4.17. The number of nitrogens with zero attached hydrogens (tertiary/aromatic N) is 2. The molecule has 0 radical (unpaired) electrons. The number of nitrogens with one attached hydrogen (secondary N) is 2. The number of aryl methyl sites for hydroxylation is 1. The number of aromatic nitrogens is 2. The molecule has 0 bridgehead atoms. The quantitative estimate of drug-likeness (QED) is 0.704. The van der Waals surface area contributed by atoms with Gasteiger partial charge in [0.25, 0.3) is 0 Å². The van der Waals surface area contributed by atoms with Crippen LogP contribution < -0.4 is 15.8 Å². The fourth-order valence-electron chi connectivity index (χ4n) is 2.16. The van der Waals surface area contributed by atoms with Crippen LogP contribution in [0.25, 0.3) is 0 Å². The van der Waals surface area contributed by atoms with Crippen molar-refractivity contribution in [1.82, 2.24) is 9.97 Å². The second-order valence-corrected chi connectivity index (χ2v) is 7.44. The molecule has 130 valence electrons. The van der Waals surface area contributed by atoms with Crippen molar-refractivity contribution in [3.05, 3.63) is 41.6 Å². The van der Waals surface area contributed by atoms with Crippen LogP contribution in [0.4, 0.5) is 11.8 Å². The highest BCUT2D eigenvalue weighted by Gasteiger charge is 2.07. The van der Waals surface area contributed by atoms with E-state index in [9.17, 15) is 8.42 Å². The van der Waals surface area contributed by atoms with Crippen LogP contribution in [0.2, 0.25) is 0 Å². The van der Waals surface area contributed by atoms with Gasteiger partial charge < -0.3 is 10.6 Å². The summed E-state index contributed by atoms with van der Waals surface area (Å²) in [6, 6.07) is 8.71. The molecular formula is C16H23N5O2S. The molecule has 2 rings (SSSR count). The maximum Gasteiger partial charge on any atom is 0.238 e. The minimum atomic E-state index is -3.64. The van der Waals surface area contributed by atoms with E-state index in [0.717, 1.165) is 23.5 Å². The summed E-state index contributed by atoms with van der Waals surface area (Å²) in [4.78, 5) is 8.88. The van der Waals surface area contributed by atoms with Crippen molar-refractivity contribution < 1.29 is 8.42 Å². The van der Waals surface area contributed by atoms with Crippen LogP contribution in [0, 0.1) is 6.92 Å². The van der Waals surface area contributed by atoms with Crippen LogP contribution in [0.5, 0.6) is 0 Å². The van der Waals surface area contributed by atoms with E-state index >= 15 is 0 Å². The molecule has 24 heavy (non-hydrogen) atoms. The number of anilines is 2. The van der Waals surface area contributed by atoms with Crippen molar-refractivity contribution in [3.8, 4) is 0 Å². The molecule has 2 aromatic rings. The van der Waals surface area contributed by atoms with E-state index < -0.39 is 10.0 Å². The molecule has 0 aliphatic rings. The fourth-order valence-corrected chi connectivity index (χ4v) is 2.68. The molecule has 7 nitrogen and oxygen atoms in total. The summed E-state index contributed by atoms with van der Waals surface area (Å²) in [5.74, 6) is 1.36. The van der Waals surface area contributed by atoms with Gasteiger partial charge >= 0.3 is 0 Å². The number of benzene rings is 1. The first kappa shape index (κ1) is 18.2. The van der Waals surface area contributed by atoms with Crippen molar-refractivity contribution in [3.63, 3.8) is 0 Å². The zero-order valence-corrected chi connectivity index (χ0v) is 14.9. The first-order chi connectivity index (χ1) is 11.2. The van der Waals surface area contributed by atoms with Gasteiger partial charge in [0.2, 0.25) is 16.0 Å². The lowest BCUT2D eigenvalue weighted by Gasteiger charge is -2.11. The molecule has 0 amide bonds. The van der Waals surface area contributed by atoms with Gasteiger partial charge in [0.1, 0.15) is 5.82 Å². The van der Waals surface area contributed by atoms with Crippen LogP contribution in [0.1, 0.15) is 25.1 Å². The average Bonchev–Trinajstić information content (AvgIpc) is 2.45. The van der Waals surface area contributed by atoms with Crippen molar-refractivity contribution >= 4 is 21.8 Å². The number of hydrogen-bond acceptors (Lipinski definition) is 6. The van der Waals surface area contributed by atoms with E-state index in [1.54, 1.807) is 12.1 Å². The summed E-state index contributed by atoms with van der Waals surface area (Å²) in [6.45, 7) is 6.66. The summed E-state index contributed by atoms with van der Waals surface area (Å²) in [5.41, 5.74) is 1.90. The lowest BCUT2D eigenvalue weighted by molar-refractivity contribution is 0.598. The van der Waals surface area contributed by atoms with Crippen molar-refractivity contribution in [2.24, 2.45) is 5.14 Å². The van der Waals surface area contributed by atoms with Gasteiger partial charge in [0.05, 0.1) is 4.90 Å². The van der Waals surface area contributed by atoms with Gasteiger partial charge in [0.15, 0.2) is 0 Å². The third kappa shape index (κ3) is 5.47. The van der Waals surface area contributed by atoms with Gasteiger partial charge in [-0.1, -0.05) is 12.1 Å². The number of sulfonamides is 1. The van der Waals surface area contributed by atoms with E-state index in [0.29, 0.717) is 12.5 Å². The molecule has 0 saturated carbocycles. The summed E-state index contributed by atoms with van der Waals surface area (Å²) in [7, 11) is -3.64. The van der Waals surface area contributed by atoms with Crippen molar-refractivity contribution in [1.29, 1.82) is 0 Å². The van der Waals surface area contributed by atoms with Crippen molar-refractivity contribution in [2.45, 2.75) is 38.1 Å². The molecule has 0 fully saturated rings. The number of primary sulfonamides is 1. The van der Waals surface area contributed by atoms with Crippen LogP contribution in [-0.4, -0.2) is 31.0 Å². The zero-order valence-electron chi connectivity index (χ0n) is 14.1. The Morgan fingerprint density at radius 1 is 1.17 bits per heavy atom. The highest BCUT2D eigenvalue weighted by atomic mass is 32.2. The molecule has 0 saturated heterocycles. The maximum absolute atomic E-state index is 11.2. The average molecular weight is 349 g/mol. The summed E-state index contributed by atoms with van der Waals surface area (Å²) in [5, 5.41) is 11.5. The minimum Gasteiger partial charge on any atom is -0.370 e. The van der Waals surface area contributed by atoms with E-state index in [-0.39, 0.29) is 10.9 Å². The molecule has 4 N–H and O–H groups in total. The highest BCUT2D eigenvalue weighted by Crippen LogP contribution is 2.12. The number of hydrogen-bond donors (Lipinski definition) is 3. The standard InChI is InChI=1S/C16H23N5O2S/c1-11(2)19-16-20-12(3)10-15(21-16)18-9-8-13-4-6-14(7-5-13)24(17,22)23/h4-7,10-11H,8-9H2,1-3H3,(H2,17,22,23)(H2,18,19,20,21). The Kier molecular flexibility index (Phi) is 5.74. The predicted octanol–water partition coefficient (Wildman–Crippen LogP) is 1.91. The first-order valence-corrected chi connectivity index (χ1v) is 9.26. The number of nitrogens with two attached hydrogens (primary N) is 1. The first-order valence-electron chi connectivity index (χ1n) is 7.72. The SMILES string of the molecule is Cc1cc(NCCc2ccc(S(N)(=O)=O)cc2)nc(NC(C)C)n1. The molecule has 0 aliphatic heterocycles. The van der Waals surface area contributed by atoms with Crippen molar-refractivity contribution in [2.75, 3.05) is 17.2 Å². The molecule has 1 heterocycles. The Labute approximate surface area is 142 Å². The van der Waals surface area contributed by atoms with Crippen LogP contribution >= 0.6 is 0 Å². The van der Waals surface area contributed by atoms with E-state index in [1.807, 2.05) is 26.8 Å². The van der Waals surface area contributed by atoms with Gasteiger partial charge in [-0.3, -0.25) is 0 Å². The fraction of sp³-hybridized carbons (Fsp3) is 0.375. The van der Waals surface area contributed by atoms with Crippen LogP contribution in [0.15, 0.2) is 35.2 Å². The van der Waals surface area contributed by atoms with Crippen LogP contribution in [-0.2, 0) is 16.4 Å². The van der Waals surface area contributed by atoms with Gasteiger partial charge in [0, 0.05) is 24.3 Å². The maximum atomic E-state index is 11.2. The van der Waals surface area contributed by atoms with E-state index in [4.69, 9.17) is 5.14 Å². The normalized spacial score (nSPS) is 11.5. The topological polar surface area (TPSA) is 110 Å². The largest absolute Gasteiger partial charge is 0.370 e. The lowest BCUT2D eigenvalue weighted by atomic mass is 10.1. The third-order valence-electron chi connectivity index (χ3n) is 3.24. The lowest BCUT2D eigenvalue weighted by Crippen LogP contribution is -2.15. The highest BCUT2D eigenvalue weighted by molar-refractivity contribution is 7.89. The van der Waals surface area contributed by atoms with E-state index in [1.165, 1.54) is 12.1 Å². The van der Waals surface area contributed by atoms with Gasteiger partial charge in [-0.25, -0.2) is 18.5 Å². The van der Waals surface area contributed by atoms with Crippen LogP contribution in [0.3, 0.4) is 0 Å². The summed E-state index contributed by atoms with van der Waals surface area (Å²) >= 11 is 0. The molecule has 8 heteroatoms. The Bertz CT molecular complexity index is 789. The Balaban J connectivity index is 1.95. The van der Waals surface area contributed by atoms with Gasteiger partial charge in [-0.15, -0.1) is 0 Å². The van der Waals surface area contributed by atoms with Gasteiger partial charge in [-0.2, -0.15) is 4.98 Å². The second-order valence-electron chi connectivity index (χ2n) is 5.88. The zero-order chi connectivity index (χ0) is 17.7. The Hall–Kier alpha value is -2.19. The van der Waals surface area contributed by atoms with Gasteiger partial charge in [-0.05, 0) is 44.9 Å². The molecule has 0 aliphatic carbocycles. The molecule has 0 atom stereocenters. The minimum absolute atomic E-state index is 0.120.